The van der Waals surface area contributed by atoms with Crippen molar-refractivity contribution in [3.05, 3.63) is 46.3 Å². The summed E-state index contributed by atoms with van der Waals surface area (Å²) in [5.74, 6) is -1.36. The number of allylic oxidation sites excluding steroid dienone is 4. The monoisotopic (exact) mass is 634 g/mol. The summed E-state index contributed by atoms with van der Waals surface area (Å²) in [6.07, 6.45) is 10.1. The summed E-state index contributed by atoms with van der Waals surface area (Å²) in [7, 11) is 4.15. The molecule has 4 fully saturated rings. The van der Waals surface area contributed by atoms with Gasteiger partial charge in [-0.15, -0.1) is 0 Å². The van der Waals surface area contributed by atoms with Crippen LogP contribution in [0.4, 0.5) is 14.6 Å². The number of halogens is 2. The van der Waals surface area contributed by atoms with Crippen molar-refractivity contribution >= 4 is 34.1 Å². The second kappa shape index (κ2) is 10.6. The number of nitriles is 1. The zero-order chi connectivity index (χ0) is 31.1. The van der Waals surface area contributed by atoms with E-state index in [9.17, 15) is 9.65 Å². The lowest BCUT2D eigenvalue weighted by Crippen LogP contribution is -2.71. The van der Waals surface area contributed by atoms with E-state index < -0.39 is 22.8 Å². The molecule has 0 amide bonds. The molecule has 0 bridgehead atoms. The minimum absolute atomic E-state index is 0.0115. The third-order valence-corrected chi connectivity index (χ3v) is 12.1. The molecule has 4 atom stereocenters. The van der Waals surface area contributed by atoms with Crippen molar-refractivity contribution in [3.8, 4) is 12.1 Å². The smallest absolute Gasteiger partial charge is 0.319 e. The van der Waals surface area contributed by atoms with Crippen molar-refractivity contribution in [1.29, 1.82) is 5.26 Å². The number of likely N-dealkylation sites (tertiary alicyclic amines) is 1. The highest BCUT2D eigenvalue weighted by atomic mass is 32.2. The average Bonchev–Trinajstić information content (AvgIpc) is 3.67. The maximum atomic E-state index is 16.6. The summed E-state index contributed by atoms with van der Waals surface area (Å²) >= 11 is 1.08. The van der Waals surface area contributed by atoms with Crippen LogP contribution in [0.25, 0.3) is 16.5 Å². The number of nitrogens with two attached hydrogens (primary N) is 1. The number of pyridine rings is 1. The Kier molecular flexibility index (Phi) is 6.87. The summed E-state index contributed by atoms with van der Waals surface area (Å²) < 4.78 is 43.3. The van der Waals surface area contributed by atoms with Gasteiger partial charge in [0, 0.05) is 42.7 Å². The number of fused-ring (bicyclic) bond motifs is 3. The number of nitrogens with one attached hydrogen (secondary N) is 1. The van der Waals surface area contributed by atoms with Gasteiger partial charge in [0.25, 0.3) is 0 Å². The van der Waals surface area contributed by atoms with E-state index in [0.29, 0.717) is 42.1 Å². The zero-order valence-corrected chi connectivity index (χ0v) is 26.2. The van der Waals surface area contributed by atoms with Crippen LogP contribution in [0.1, 0.15) is 37.8 Å². The Balaban J connectivity index is 1.13. The van der Waals surface area contributed by atoms with E-state index in [-0.39, 0.29) is 38.8 Å². The summed E-state index contributed by atoms with van der Waals surface area (Å²) in [5, 5.41) is 13.2. The van der Waals surface area contributed by atoms with Crippen molar-refractivity contribution in [1.82, 2.24) is 24.8 Å². The van der Waals surface area contributed by atoms with Gasteiger partial charge in [0.1, 0.15) is 22.9 Å². The zero-order valence-electron chi connectivity index (χ0n) is 25.4. The molecule has 3 aliphatic heterocycles. The summed E-state index contributed by atoms with van der Waals surface area (Å²) in [5.41, 5.74) is 6.80. The highest BCUT2D eigenvalue weighted by Gasteiger charge is 2.53. The van der Waals surface area contributed by atoms with Crippen molar-refractivity contribution in [2.75, 3.05) is 52.3 Å². The lowest BCUT2D eigenvalue weighted by atomic mass is 9.75. The molecule has 0 radical (unpaired) electrons. The van der Waals surface area contributed by atoms with Crippen LogP contribution in [0.15, 0.2) is 34.8 Å². The van der Waals surface area contributed by atoms with Crippen LogP contribution in [0, 0.1) is 28.5 Å². The third-order valence-electron chi connectivity index (χ3n) is 10.8. The van der Waals surface area contributed by atoms with Crippen LogP contribution < -0.4 is 15.8 Å². The Morgan fingerprint density at radius 3 is 2.69 bits per heavy atom. The fourth-order valence-corrected chi connectivity index (χ4v) is 8.48. The number of thioether (sulfide) groups is 1. The van der Waals surface area contributed by atoms with Crippen LogP contribution in [-0.2, 0) is 4.74 Å². The van der Waals surface area contributed by atoms with Gasteiger partial charge in [-0.1, -0.05) is 17.8 Å². The first kappa shape index (κ1) is 29.1. The topological polar surface area (TPSA) is 125 Å². The largest absolute Gasteiger partial charge is 0.463 e. The number of rotatable bonds is 10. The molecule has 236 valence electrons. The van der Waals surface area contributed by atoms with Crippen molar-refractivity contribution in [2.24, 2.45) is 17.1 Å². The van der Waals surface area contributed by atoms with Crippen LogP contribution in [0.3, 0.4) is 0 Å². The molecule has 4 unspecified atom stereocenters. The molecule has 6 aliphatic rings. The maximum Gasteiger partial charge on any atom is 0.319 e. The number of likely N-dealkylation sites (N-methyl/N-ethyl adjacent to an activating group) is 1. The Labute approximate surface area is 264 Å². The lowest BCUT2D eigenvalue weighted by molar-refractivity contribution is -0.218. The molecule has 0 spiro atoms. The molecule has 2 saturated carbocycles. The van der Waals surface area contributed by atoms with E-state index in [4.69, 9.17) is 20.2 Å². The molecule has 2 aromatic heterocycles. The molecule has 2 aromatic rings. The van der Waals surface area contributed by atoms with Crippen LogP contribution >= 0.6 is 11.8 Å². The molecule has 3 N–H and O–H groups in total. The fraction of sp³-hybridized carbons (Fsp3) is 0.562. The van der Waals surface area contributed by atoms with Gasteiger partial charge in [0.05, 0.1) is 52.7 Å². The van der Waals surface area contributed by atoms with E-state index in [1.807, 2.05) is 0 Å². The van der Waals surface area contributed by atoms with Crippen molar-refractivity contribution in [3.63, 3.8) is 0 Å². The van der Waals surface area contributed by atoms with Gasteiger partial charge in [-0.05, 0) is 57.8 Å². The molecule has 0 aromatic carbocycles. The minimum atomic E-state index is -0.741. The summed E-state index contributed by atoms with van der Waals surface area (Å²) in [6, 6.07) is 2.73. The average molecular weight is 635 g/mol. The van der Waals surface area contributed by atoms with Crippen molar-refractivity contribution in [2.45, 2.75) is 55.0 Å². The van der Waals surface area contributed by atoms with E-state index >= 15 is 4.39 Å². The van der Waals surface area contributed by atoms with Gasteiger partial charge in [-0.3, -0.25) is 9.88 Å². The van der Waals surface area contributed by atoms with Crippen LogP contribution in [0.2, 0.25) is 0 Å². The van der Waals surface area contributed by atoms with Crippen LogP contribution in [-0.4, -0.2) is 94.6 Å². The summed E-state index contributed by atoms with van der Waals surface area (Å²) in [6.45, 7) is 3.78. The van der Waals surface area contributed by atoms with Gasteiger partial charge in [0.2, 0.25) is 0 Å². The van der Waals surface area contributed by atoms with Gasteiger partial charge < -0.3 is 25.4 Å². The van der Waals surface area contributed by atoms with Gasteiger partial charge in [-0.2, -0.15) is 15.2 Å². The molecule has 8 rings (SSSR count). The standard InChI is InChI=1S/C32H36F2N8O2S/c1-41(2)32(6-3-7-32)14-38-29-19-11-37-25(17-4-5-20(33)27-23(17)18(10-35)28(36)45-27)24(34)26(19)39-30(40-29)44-16-31(8-9-31)15-42-12-22-21(42)13-43-22/h4-5,11,21-23,27H,3,6-9,12-16,36H2,1-2H3,(H,38,39,40). The Hall–Kier alpha value is -3.31. The Bertz CT molecular complexity index is 1710. The number of anilines is 1. The lowest BCUT2D eigenvalue weighted by Gasteiger charge is -2.55. The van der Waals surface area contributed by atoms with Crippen LogP contribution in [0.5, 0.6) is 6.01 Å². The molecule has 2 saturated heterocycles. The van der Waals surface area contributed by atoms with Gasteiger partial charge in [-0.25, -0.2) is 8.78 Å². The van der Waals surface area contributed by atoms with E-state index in [1.165, 1.54) is 12.2 Å². The molecule has 13 heteroatoms. The SMILES string of the molecule is CN(C)C1(CNc2nc(OCC3(CN4CC5OCC54)CC3)nc3c(F)c(C4=CC=C(F)C5SC(N)=C(C#N)C45)ncc23)CCC1. The molecule has 10 nitrogen and oxygen atoms in total. The van der Waals surface area contributed by atoms with Gasteiger partial charge >= 0.3 is 6.01 Å². The maximum absolute atomic E-state index is 16.6. The quantitative estimate of drug-likeness (QED) is 0.394. The van der Waals surface area contributed by atoms with Gasteiger partial charge in [0.15, 0.2) is 5.82 Å². The second-order valence-corrected chi connectivity index (χ2v) is 14.8. The first-order valence-corrected chi connectivity index (χ1v) is 16.5. The van der Waals surface area contributed by atoms with E-state index in [0.717, 1.165) is 63.6 Å². The normalized spacial score (nSPS) is 29.1. The second-order valence-electron chi connectivity index (χ2n) is 13.6. The molecule has 45 heavy (non-hydrogen) atoms. The van der Waals surface area contributed by atoms with Crippen molar-refractivity contribution < 1.29 is 18.3 Å². The highest BCUT2D eigenvalue weighted by Crippen LogP contribution is 2.52. The predicted octanol–water partition coefficient (Wildman–Crippen LogP) is 3.98. The minimum Gasteiger partial charge on any atom is -0.463 e. The predicted molar refractivity (Wildman–Crippen MR) is 167 cm³/mol. The molecular weight excluding hydrogens is 598 g/mol. The number of hydrogen-bond donors (Lipinski definition) is 2. The highest BCUT2D eigenvalue weighted by molar-refractivity contribution is 8.04. The molecular formula is C32H36F2N8O2S. The summed E-state index contributed by atoms with van der Waals surface area (Å²) in [4.78, 5) is 18.5. The number of ether oxygens (including phenoxy) is 2. The number of nitrogens with zero attached hydrogens (tertiary/aromatic N) is 6. The number of morpholine rings is 1. The first-order valence-electron chi connectivity index (χ1n) is 15.6. The Morgan fingerprint density at radius 2 is 2.07 bits per heavy atom. The molecule has 3 aliphatic carbocycles. The molecule has 5 heterocycles. The number of aromatic nitrogens is 3. The first-order chi connectivity index (χ1) is 21.7. The van der Waals surface area contributed by atoms with E-state index in [1.54, 1.807) is 6.20 Å². The van der Waals surface area contributed by atoms with E-state index in [2.05, 4.69) is 45.2 Å². The Morgan fingerprint density at radius 1 is 1.24 bits per heavy atom. The third kappa shape index (κ3) is 4.71. The number of hydrogen-bond acceptors (Lipinski definition) is 11. The fourth-order valence-electron chi connectivity index (χ4n) is 7.30.